The Morgan fingerprint density at radius 3 is 2.56 bits per heavy atom. The molecular formula is C31H44N2O6. The molecule has 0 saturated carbocycles. The highest BCUT2D eigenvalue weighted by Crippen LogP contribution is 2.55. The van der Waals surface area contributed by atoms with Gasteiger partial charge in [-0.2, -0.15) is 0 Å². The van der Waals surface area contributed by atoms with Gasteiger partial charge in [0.1, 0.15) is 0 Å². The number of amides is 1. The fraction of sp³-hybridized carbons (Fsp3) is 0.645. The van der Waals surface area contributed by atoms with Crippen molar-refractivity contribution in [1.82, 2.24) is 4.90 Å². The van der Waals surface area contributed by atoms with E-state index in [0.29, 0.717) is 24.6 Å². The van der Waals surface area contributed by atoms with Crippen LogP contribution in [0.15, 0.2) is 36.1 Å². The number of para-hydroxylation sites is 1. The zero-order chi connectivity index (χ0) is 27.8. The van der Waals surface area contributed by atoms with Gasteiger partial charge in [-0.15, -0.1) is 0 Å². The molecule has 4 rings (SSSR count). The van der Waals surface area contributed by atoms with Gasteiger partial charge in [-0.3, -0.25) is 14.5 Å². The van der Waals surface area contributed by atoms with Gasteiger partial charge < -0.3 is 19.1 Å². The molecule has 39 heavy (non-hydrogen) atoms. The zero-order valence-electron chi connectivity index (χ0n) is 23.7. The predicted molar refractivity (Wildman–Crippen MR) is 149 cm³/mol. The van der Waals surface area contributed by atoms with Gasteiger partial charge in [-0.25, -0.2) is 4.79 Å². The molecule has 1 spiro atoms. The number of unbranched alkanes of at least 4 members (excludes halogenated alkanes) is 5. The van der Waals surface area contributed by atoms with Crippen molar-refractivity contribution >= 4 is 24.0 Å². The van der Waals surface area contributed by atoms with Gasteiger partial charge in [0, 0.05) is 24.8 Å². The Morgan fingerprint density at radius 2 is 1.85 bits per heavy atom. The van der Waals surface area contributed by atoms with Crippen molar-refractivity contribution in [3.8, 4) is 0 Å². The number of fused-ring (bicyclic) bond motifs is 4. The lowest BCUT2D eigenvalue weighted by Gasteiger charge is -2.45. The van der Waals surface area contributed by atoms with Crippen molar-refractivity contribution in [3.63, 3.8) is 0 Å². The van der Waals surface area contributed by atoms with E-state index in [0.717, 1.165) is 88.7 Å². The summed E-state index contributed by atoms with van der Waals surface area (Å²) in [6, 6.07) is 8.35. The second-order valence-corrected chi connectivity index (χ2v) is 11.1. The maximum absolute atomic E-state index is 14.4. The molecule has 8 nitrogen and oxygen atoms in total. The molecule has 3 aliphatic rings. The number of ether oxygens (including phenoxy) is 3. The number of hydrogen-bond acceptors (Lipinski definition) is 7. The average Bonchev–Trinajstić information content (AvgIpc) is 3.45. The average molecular weight is 541 g/mol. The number of carbonyl (C=O) groups is 3. The monoisotopic (exact) mass is 540 g/mol. The smallest absolute Gasteiger partial charge is 0.337 e. The summed E-state index contributed by atoms with van der Waals surface area (Å²) < 4.78 is 15.2. The van der Waals surface area contributed by atoms with Crippen LogP contribution in [0.5, 0.6) is 0 Å². The van der Waals surface area contributed by atoms with E-state index in [1.165, 1.54) is 7.11 Å². The molecule has 4 atom stereocenters. The molecule has 0 aliphatic carbocycles. The minimum atomic E-state index is -0.583. The molecule has 1 amide bonds. The van der Waals surface area contributed by atoms with Crippen LogP contribution in [0.3, 0.4) is 0 Å². The van der Waals surface area contributed by atoms with E-state index >= 15 is 0 Å². The number of hydrogen-bond donors (Lipinski definition) is 0. The fourth-order valence-corrected chi connectivity index (χ4v) is 7.26. The molecule has 3 aliphatic heterocycles. The number of carbonyl (C=O) groups excluding carboxylic acids is 3. The van der Waals surface area contributed by atoms with Crippen LogP contribution in [-0.2, 0) is 34.0 Å². The first-order chi connectivity index (χ1) is 19.0. The number of rotatable bonds is 14. The summed E-state index contributed by atoms with van der Waals surface area (Å²) in [5, 5.41) is 0. The van der Waals surface area contributed by atoms with Crippen LogP contribution in [0.4, 0.5) is 5.69 Å². The van der Waals surface area contributed by atoms with Gasteiger partial charge in [-0.05, 0) is 55.7 Å². The lowest BCUT2D eigenvalue weighted by atomic mass is 9.67. The lowest BCUT2D eigenvalue weighted by Crippen LogP contribution is -2.55. The minimum absolute atomic E-state index is 0.0235. The van der Waals surface area contributed by atoms with Gasteiger partial charge in [-0.1, -0.05) is 57.2 Å². The second kappa shape index (κ2) is 13.5. The van der Waals surface area contributed by atoms with Crippen molar-refractivity contribution in [3.05, 3.63) is 41.7 Å². The highest BCUT2D eigenvalue weighted by Gasteiger charge is 2.62. The summed E-state index contributed by atoms with van der Waals surface area (Å²) in [5.74, 6) is 0.136. The van der Waals surface area contributed by atoms with Crippen molar-refractivity contribution in [1.29, 1.82) is 0 Å². The van der Waals surface area contributed by atoms with Crippen molar-refractivity contribution < 1.29 is 28.6 Å². The summed E-state index contributed by atoms with van der Waals surface area (Å²) in [7, 11) is 2.97. The van der Waals surface area contributed by atoms with E-state index in [4.69, 9.17) is 14.2 Å². The van der Waals surface area contributed by atoms with Gasteiger partial charge in [0.2, 0.25) is 5.91 Å². The molecule has 2 saturated heterocycles. The summed E-state index contributed by atoms with van der Waals surface area (Å²) in [4.78, 5) is 41.9. The molecule has 0 bridgehead atoms. The van der Waals surface area contributed by atoms with Crippen LogP contribution < -0.4 is 4.90 Å². The predicted octanol–water partition coefficient (Wildman–Crippen LogP) is 4.61. The molecular weight excluding hydrogens is 496 g/mol. The summed E-state index contributed by atoms with van der Waals surface area (Å²) in [5.41, 5.74) is 2.18. The highest BCUT2D eigenvalue weighted by molar-refractivity contribution is 6.09. The van der Waals surface area contributed by atoms with Crippen LogP contribution in [0.2, 0.25) is 0 Å². The largest absolute Gasteiger partial charge is 0.504 e. The topological polar surface area (TPSA) is 85.4 Å². The van der Waals surface area contributed by atoms with E-state index in [9.17, 15) is 14.4 Å². The van der Waals surface area contributed by atoms with Crippen molar-refractivity contribution in [2.75, 3.05) is 45.4 Å². The first-order valence-corrected chi connectivity index (χ1v) is 14.5. The van der Waals surface area contributed by atoms with Gasteiger partial charge in [0.25, 0.3) is 6.47 Å². The second-order valence-electron chi connectivity index (χ2n) is 11.1. The number of esters is 1. The molecule has 1 aromatic carbocycles. The SMILES string of the molecule is CC[C@H]1CN2CC[C@]3(C(=O)N(CCCCCCCCOC=O)c4ccccc43)C2CC1/C(=C\OC)C(=O)OC. The van der Waals surface area contributed by atoms with Gasteiger partial charge in [0.15, 0.2) is 0 Å². The highest BCUT2D eigenvalue weighted by atomic mass is 16.5. The summed E-state index contributed by atoms with van der Waals surface area (Å²) >= 11 is 0. The molecule has 0 aromatic heterocycles. The van der Waals surface area contributed by atoms with Crippen molar-refractivity contribution in [2.24, 2.45) is 11.8 Å². The Labute approximate surface area is 232 Å². The van der Waals surface area contributed by atoms with Gasteiger partial charge in [0.05, 0.1) is 38.1 Å². The van der Waals surface area contributed by atoms with E-state index in [-0.39, 0.29) is 23.8 Å². The first-order valence-electron chi connectivity index (χ1n) is 14.5. The van der Waals surface area contributed by atoms with Gasteiger partial charge >= 0.3 is 5.97 Å². The Bertz CT molecular complexity index is 1040. The molecule has 2 unspecified atom stereocenters. The van der Waals surface area contributed by atoms with Crippen molar-refractivity contribution in [2.45, 2.75) is 76.2 Å². The molecule has 0 N–H and O–H groups in total. The van der Waals surface area contributed by atoms with Crippen LogP contribution >= 0.6 is 0 Å². The zero-order valence-corrected chi connectivity index (χ0v) is 23.7. The molecule has 2 fully saturated rings. The Kier molecular flexibility index (Phi) is 10.1. The fourth-order valence-electron chi connectivity index (χ4n) is 7.26. The Morgan fingerprint density at radius 1 is 1.10 bits per heavy atom. The van der Waals surface area contributed by atoms with E-state index < -0.39 is 5.41 Å². The normalized spacial score (nSPS) is 26.4. The number of nitrogens with zero attached hydrogens (tertiary/aromatic N) is 2. The van der Waals surface area contributed by atoms with E-state index in [2.05, 4.69) is 24.0 Å². The summed E-state index contributed by atoms with van der Waals surface area (Å²) in [6.45, 7) is 5.63. The quantitative estimate of drug-likeness (QED) is 0.112. The van der Waals surface area contributed by atoms with Crippen LogP contribution in [0, 0.1) is 11.8 Å². The molecule has 0 radical (unpaired) electrons. The Balaban J connectivity index is 1.50. The third kappa shape index (κ3) is 5.72. The Hall–Kier alpha value is -2.87. The maximum atomic E-state index is 14.4. The molecule has 214 valence electrons. The number of methoxy groups -OCH3 is 2. The lowest BCUT2D eigenvalue weighted by molar-refractivity contribution is -0.137. The molecule has 8 heteroatoms. The van der Waals surface area contributed by atoms with Crippen LogP contribution in [-0.4, -0.2) is 69.8 Å². The number of piperidine rings is 1. The van der Waals surface area contributed by atoms with Crippen LogP contribution in [0.1, 0.15) is 70.3 Å². The number of benzene rings is 1. The standard InChI is InChI=1S/C31H44N2O6/c1-4-23-20-32-17-15-31(28(32)19-24(23)25(21-37-2)29(35)38-3)26-13-9-10-14-27(26)33(30(31)36)16-11-7-5-6-8-12-18-39-22-34/h9-10,13-14,21-24,28H,4-8,11-12,15-20H2,1-3H3/b25-21+/t23-,24?,28?,31+/m0/s1. The summed E-state index contributed by atoms with van der Waals surface area (Å²) in [6.07, 6.45) is 10.2. The third-order valence-electron chi connectivity index (χ3n) is 9.17. The minimum Gasteiger partial charge on any atom is -0.504 e. The van der Waals surface area contributed by atoms with E-state index in [1.807, 2.05) is 17.0 Å². The van der Waals surface area contributed by atoms with Crippen LogP contribution in [0.25, 0.3) is 0 Å². The maximum Gasteiger partial charge on any atom is 0.337 e. The first kappa shape index (κ1) is 29.1. The molecule has 1 aromatic rings. The number of anilines is 1. The third-order valence-corrected chi connectivity index (χ3v) is 9.17. The van der Waals surface area contributed by atoms with E-state index in [1.54, 1.807) is 13.4 Å². The molecule has 3 heterocycles.